The number of methoxy groups -OCH3 is 3. The Hall–Kier alpha value is -4.09. The van der Waals surface area contributed by atoms with Gasteiger partial charge in [0, 0.05) is 41.0 Å². The van der Waals surface area contributed by atoms with Crippen LogP contribution in [0.25, 0.3) is 33.6 Å². The smallest absolute Gasteiger partial charge is 0.251 e. The summed E-state index contributed by atoms with van der Waals surface area (Å²) in [6.45, 7) is 3.81. The van der Waals surface area contributed by atoms with E-state index >= 15 is 0 Å². The van der Waals surface area contributed by atoms with E-state index in [1.165, 1.54) is 0 Å². The van der Waals surface area contributed by atoms with Crippen molar-refractivity contribution in [3.63, 3.8) is 0 Å². The Balaban J connectivity index is 1.67. The molecule has 0 aliphatic heterocycles. The minimum atomic E-state index is -3.42. The molecule has 2 unspecified atom stereocenters. The Labute approximate surface area is 246 Å². The van der Waals surface area contributed by atoms with Crippen LogP contribution in [-0.4, -0.2) is 59.0 Å². The Kier molecular flexibility index (Phi) is 9.74. The molecule has 1 amide bonds. The molecular weight excluding hydrogens is 558 g/mol. The van der Waals surface area contributed by atoms with Crippen molar-refractivity contribution >= 4 is 27.0 Å². The fourth-order valence-corrected chi connectivity index (χ4v) is 5.74. The van der Waals surface area contributed by atoms with E-state index < -0.39 is 16.1 Å². The molecule has 11 heteroatoms. The summed E-state index contributed by atoms with van der Waals surface area (Å²) in [5.41, 5.74) is 3.91. The largest absolute Gasteiger partial charge is 0.493 e. The molecule has 0 saturated heterocycles. The van der Waals surface area contributed by atoms with Crippen molar-refractivity contribution in [2.24, 2.45) is 0 Å². The van der Waals surface area contributed by atoms with E-state index in [1.54, 1.807) is 64.8 Å². The van der Waals surface area contributed by atoms with Crippen molar-refractivity contribution < 1.29 is 31.8 Å². The molecule has 4 rings (SSSR count). The summed E-state index contributed by atoms with van der Waals surface area (Å²) in [6, 6.07) is 13.7. The highest BCUT2D eigenvalue weighted by atomic mass is 32.2. The van der Waals surface area contributed by atoms with Crippen LogP contribution in [0.5, 0.6) is 17.2 Å². The topological polar surface area (TPSA) is 129 Å². The van der Waals surface area contributed by atoms with E-state index in [4.69, 9.17) is 18.6 Å². The van der Waals surface area contributed by atoms with E-state index in [2.05, 4.69) is 15.0 Å². The molecule has 42 heavy (non-hydrogen) atoms. The predicted octanol–water partition coefficient (Wildman–Crippen LogP) is 5.41. The summed E-state index contributed by atoms with van der Waals surface area (Å²) < 4.78 is 49.0. The lowest BCUT2D eigenvalue weighted by Gasteiger charge is -2.25. The molecule has 2 N–H and O–H groups in total. The number of hydrogen-bond acceptors (Lipinski definition) is 8. The van der Waals surface area contributed by atoms with Gasteiger partial charge in [-0.3, -0.25) is 9.78 Å². The number of furan rings is 1. The van der Waals surface area contributed by atoms with Crippen LogP contribution in [0.2, 0.25) is 0 Å². The molecule has 2 heterocycles. The number of ether oxygens (including phenoxy) is 3. The number of pyridine rings is 1. The van der Waals surface area contributed by atoms with Crippen molar-refractivity contribution in [3.05, 3.63) is 60.3 Å². The van der Waals surface area contributed by atoms with Crippen molar-refractivity contribution in [2.45, 2.75) is 45.2 Å². The van der Waals surface area contributed by atoms with Crippen LogP contribution < -0.4 is 24.2 Å². The Morgan fingerprint density at radius 2 is 1.71 bits per heavy atom. The van der Waals surface area contributed by atoms with E-state index in [-0.39, 0.29) is 11.9 Å². The third-order valence-electron chi connectivity index (χ3n) is 6.99. The van der Waals surface area contributed by atoms with Gasteiger partial charge in [-0.15, -0.1) is 0 Å². The van der Waals surface area contributed by atoms with Gasteiger partial charge in [-0.2, -0.15) is 0 Å². The molecule has 4 aromatic rings. The van der Waals surface area contributed by atoms with Gasteiger partial charge in [0.1, 0.15) is 11.3 Å². The molecule has 0 saturated carbocycles. The second kappa shape index (κ2) is 13.3. The highest BCUT2D eigenvalue weighted by molar-refractivity contribution is 7.88. The quantitative estimate of drug-likeness (QED) is 0.210. The number of aromatic nitrogens is 1. The Morgan fingerprint density at radius 3 is 2.33 bits per heavy atom. The van der Waals surface area contributed by atoms with Crippen LogP contribution in [0.1, 0.15) is 43.5 Å². The number of benzene rings is 2. The lowest BCUT2D eigenvalue weighted by atomic mass is 10.0. The molecular formula is C31H37N3O7S. The second-order valence-electron chi connectivity index (χ2n) is 10.1. The first-order valence-electron chi connectivity index (χ1n) is 13.7. The first-order chi connectivity index (χ1) is 20.1. The maximum absolute atomic E-state index is 13.3. The standard InChI is InChI=1S/C31H37N3O7S/c1-7-8-12-24(19(2)34-42(6,36)37)33-31(35)21-11-9-10-20(15-21)23-13-14-32-25-18-26(41-29(23)25)22-16-27(38-3)30(40-5)28(17-22)39-4/h9-11,13-19,24,34H,7-8,12H2,1-6H3,(H,33,35). The lowest BCUT2D eigenvalue weighted by Crippen LogP contribution is -2.49. The van der Waals surface area contributed by atoms with Gasteiger partial charge in [0.05, 0.1) is 27.6 Å². The van der Waals surface area contributed by atoms with Crippen molar-refractivity contribution in [2.75, 3.05) is 27.6 Å². The minimum Gasteiger partial charge on any atom is -0.493 e. The highest BCUT2D eigenvalue weighted by Gasteiger charge is 2.23. The van der Waals surface area contributed by atoms with E-state index in [0.29, 0.717) is 46.1 Å². The summed E-state index contributed by atoms with van der Waals surface area (Å²) in [6.07, 6.45) is 5.23. The van der Waals surface area contributed by atoms with Crippen LogP contribution in [0.15, 0.2) is 59.1 Å². The van der Waals surface area contributed by atoms with Gasteiger partial charge >= 0.3 is 0 Å². The third-order valence-corrected chi connectivity index (χ3v) is 7.79. The number of rotatable bonds is 13. The van der Waals surface area contributed by atoms with Gasteiger partial charge in [0.2, 0.25) is 15.8 Å². The molecule has 2 atom stereocenters. The molecule has 0 aliphatic carbocycles. The van der Waals surface area contributed by atoms with E-state index in [1.807, 2.05) is 25.1 Å². The lowest BCUT2D eigenvalue weighted by molar-refractivity contribution is 0.0927. The zero-order chi connectivity index (χ0) is 30.4. The molecule has 0 bridgehead atoms. The first kappa shape index (κ1) is 30.9. The van der Waals surface area contributed by atoms with Crippen LogP contribution in [0.3, 0.4) is 0 Å². The first-order valence-corrected chi connectivity index (χ1v) is 15.5. The van der Waals surface area contributed by atoms with Crippen LogP contribution >= 0.6 is 0 Å². The zero-order valence-electron chi connectivity index (χ0n) is 24.7. The van der Waals surface area contributed by atoms with Crippen LogP contribution in [0.4, 0.5) is 0 Å². The van der Waals surface area contributed by atoms with Gasteiger partial charge in [-0.05, 0) is 49.2 Å². The SMILES string of the molecule is CCCCC(NC(=O)c1cccc(-c2ccnc3cc(-c4cc(OC)c(OC)c(OC)c4)oc23)c1)C(C)NS(C)(=O)=O. The Morgan fingerprint density at radius 1 is 1.00 bits per heavy atom. The molecule has 2 aromatic heterocycles. The number of hydrogen-bond donors (Lipinski definition) is 2. The monoisotopic (exact) mass is 595 g/mol. The highest BCUT2D eigenvalue weighted by Crippen LogP contribution is 2.42. The number of carbonyl (C=O) groups is 1. The minimum absolute atomic E-state index is 0.289. The number of carbonyl (C=O) groups excluding carboxylic acids is 1. The van der Waals surface area contributed by atoms with Gasteiger partial charge in [0.15, 0.2) is 17.1 Å². The average Bonchev–Trinajstić information content (AvgIpc) is 3.42. The van der Waals surface area contributed by atoms with Crippen LogP contribution in [-0.2, 0) is 10.0 Å². The molecule has 0 aliphatic rings. The third kappa shape index (κ3) is 7.03. The molecule has 0 spiro atoms. The van der Waals surface area contributed by atoms with Crippen molar-refractivity contribution in [1.29, 1.82) is 0 Å². The van der Waals surface area contributed by atoms with E-state index in [0.717, 1.165) is 35.8 Å². The average molecular weight is 596 g/mol. The molecule has 10 nitrogen and oxygen atoms in total. The normalized spacial score (nSPS) is 13.0. The maximum Gasteiger partial charge on any atom is 0.251 e. The number of sulfonamides is 1. The Bertz CT molecular complexity index is 1640. The zero-order valence-corrected chi connectivity index (χ0v) is 25.5. The van der Waals surface area contributed by atoms with Crippen LogP contribution in [0, 0.1) is 0 Å². The van der Waals surface area contributed by atoms with Crippen molar-refractivity contribution in [1.82, 2.24) is 15.0 Å². The molecule has 224 valence electrons. The fraction of sp³-hybridized carbons (Fsp3) is 0.355. The maximum atomic E-state index is 13.3. The summed E-state index contributed by atoms with van der Waals surface area (Å²) in [4.78, 5) is 17.8. The molecule has 0 fully saturated rings. The van der Waals surface area contributed by atoms with Gasteiger partial charge in [-0.25, -0.2) is 13.1 Å². The fourth-order valence-electron chi connectivity index (χ4n) is 4.90. The number of amides is 1. The number of unbranched alkanes of at least 4 members (excludes halogenated alkanes) is 1. The van der Waals surface area contributed by atoms with E-state index in [9.17, 15) is 13.2 Å². The summed E-state index contributed by atoms with van der Waals surface area (Å²) in [7, 11) is 1.23. The number of fused-ring (bicyclic) bond motifs is 1. The number of nitrogens with zero attached hydrogens (tertiary/aromatic N) is 1. The van der Waals surface area contributed by atoms with Gasteiger partial charge in [-0.1, -0.05) is 31.9 Å². The van der Waals surface area contributed by atoms with Gasteiger partial charge in [0.25, 0.3) is 5.91 Å². The van der Waals surface area contributed by atoms with Gasteiger partial charge < -0.3 is 23.9 Å². The predicted molar refractivity (Wildman–Crippen MR) is 163 cm³/mol. The summed E-state index contributed by atoms with van der Waals surface area (Å²) in [5, 5.41) is 3.03. The molecule has 2 aromatic carbocycles. The summed E-state index contributed by atoms with van der Waals surface area (Å²) in [5.74, 6) is 1.74. The molecule has 0 radical (unpaired) electrons. The summed E-state index contributed by atoms with van der Waals surface area (Å²) >= 11 is 0. The number of nitrogens with one attached hydrogen (secondary N) is 2. The second-order valence-corrected chi connectivity index (χ2v) is 11.9. The van der Waals surface area contributed by atoms with Crippen molar-refractivity contribution in [3.8, 4) is 39.7 Å².